The van der Waals surface area contributed by atoms with Crippen molar-refractivity contribution >= 4 is 5.70 Å². The second-order valence-corrected chi connectivity index (χ2v) is 6.25. The van der Waals surface area contributed by atoms with Gasteiger partial charge in [0.15, 0.2) is 0 Å². The van der Waals surface area contributed by atoms with Crippen LogP contribution >= 0.6 is 0 Å². The van der Waals surface area contributed by atoms with Crippen LogP contribution in [0.1, 0.15) is 31.8 Å². The summed E-state index contributed by atoms with van der Waals surface area (Å²) >= 11 is 0. The van der Waals surface area contributed by atoms with Crippen molar-refractivity contribution in [2.24, 2.45) is 5.92 Å². The zero-order valence-corrected chi connectivity index (χ0v) is 14.4. The van der Waals surface area contributed by atoms with Crippen LogP contribution in [-0.4, -0.2) is 47.9 Å². The van der Waals surface area contributed by atoms with E-state index in [0.717, 1.165) is 57.3 Å². The Morgan fingerprint density at radius 1 is 1.39 bits per heavy atom. The SMILES string of the molecule is CC/C=C(/C=C1/c2cnc(CC)n2CCN1C)OCC1COC1. The summed E-state index contributed by atoms with van der Waals surface area (Å²) in [5, 5.41) is 0. The minimum atomic E-state index is 0.537. The van der Waals surface area contributed by atoms with Gasteiger partial charge in [-0.2, -0.15) is 0 Å². The van der Waals surface area contributed by atoms with E-state index in [1.807, 2.05) is 6.20 Å². The fourth-order valence-electron chi connectivity index (χ4n) is 2.99. The summed E-state index contributed by atoms with van der Waals surface area (Å²) < 4.78 is 13.6. The maximum absolute atomic E-state index is 6.03. The topological polar surface area (TPSA) is 39.5 Å². The van der Waals surface area contributed by atoms with Gasteiger partial charge in [0.05, 0.1) is 37.4 Å². The lowest BCUT2D eigenvalue weighted by atomic mass is 10.1. The molecule has 0 atom stereocenters. The molecular formula is C18H27N3O2. The highest BCUT2D eigenvalue weighted by Crippen LogP contribution is 2.26. The second kappa shape index (κ2) is 7.21. The van der Waals surface area contributed by atoms with E-state index in [1.54, 1.807) is 0 Å². The normalized spacial score (nSPS) is 20.6. The van der Waals surface area contributed by atoms with Gasteiger partial charge in [-0.25, -0.2) is 4.98 Å². The molecule has 0 aliphatic carbocycles. The third-order valence-electron chi connectivity index (χ3n) is 4.46. The summed E-state index contributed by atoms with van der Waals surface area (Å²) in [5.41, 5.74) is 2.38. The van der Waals surface area contributed by atoms with E-state index >= 15 is 0 Å². The maximum atomic E-state index is 6.03. The van der Waals surface area contributed by atoms with Gasteiger partial charge in [-0.3, -0.25) is 0 Å². The Labute approximate surface area is 138 Å². The number of imidazole rings is 1. The van der Waals surface area contributed by atoms with Gasteiger partial charge in [-0.05, 0) is 12.5 Å². The van der Waals surface area contributed by atoms with Crippen molar-refractivity contribution in [2.75, 3.05) is 33.4 Å². The zero-order chi connectivity index (χ0) is 16.2. The van der Waals surface area contributed by atoms with Crippen LogP contribution in [0.5, 0.6) is 0 Å². The fourth-order valence-corrected chi connectivity index (χ4v) is 2.99. The summed E-state index contributed by atoms with van der Waals surface area (Å²) in [4.78, 5) is 6.86. The summed E-state index contributed by atoms with van der Waals surface area (Å²) in [5.74, 6) is 2.65. The molecule has 0 radical (unpaired) electrons. The number of aryl methyl sites for hydroxylation is 1. The molecule has 3 heterocycles. The van der Waals surface area contributed by atoms with E-state index < -0.39 is 0 Å². The first-order chi connectivity index (χ1) is 11.2. The molecule has 1 aromatic rings. The van der Waals surface area contributed by atoms with Crippen molar-refractivity contribution < 1.29 is 9.47 Å². The quantitative estimate of drug-likeness (QED) is 0.756. The van der Waals surface area contributed by atoms with Crippen molar-refractivity contribution in [3.63, 3.8) is 0 Å². The van der Waals surface area contributed by atoms with Crippen LogP contribution in [0.3, 0.4) is 0 Å². The van der Waals surface area contributed by atoms with Crippen LogP contribution in [0.15, 0.2) is 24.1 Å². The molecular weight excluding hydrogens is 290 g/mol. The highest BCUT2D eigenvalue weighted by molar-refractivity contribution is 5.64. The van der Waals surface area contributed by atoms with Gasteiger partial charge < -0.3 is 18.9 Å². The number of hydrogen-bond donors (Lipinski definition) is 0. The molecule has 0 bridgehead atoms. The highest BCUT2D eigenvalue weighted by Gasteiger charge is 2.22. The van der Waals surface area contributed by atoms with Crippen LogP contribution in [-0.2, 0) is 22.4 Å². The van der Waals surface area contributed by atoms with Gasteiger partial charge in [-0.15, -0.1) is 0 Å². The van der Waals surface area contributed by atoms with E-state index in [9.17, 15) is 0 Å². The average Bonchev–Trinajstić information content (AvgIpc) is 2.91. The fraction of sp³-hybridized carbons (Fsp3) is 0.611. The van der Waals surface area contributed by atoms with E-state index in [2.05, 4.69) is 47.5 Å². The molecule has 0 saturated carbocycles. The van der Waals surface area contributed by atoms with E-state index in [4.69, 9.17) is 9.47 Å². The van der Waals surface area contributed by atoms with Gasteiger partial charge >= 0.3 is 0 Å². The van der Waals surface area contributed by atoms with Crippen molar-refractivity contribution in [1.82, 2.24) is 14.5 Å². The Balaban J connectivity index is 1.82. The molecule has 1 aromatic heterocycles. The Morgan fingerprint density at radius 3 is 2.87 bits per heavy atom. The van der Waals surface area contributed by atoms with Crippen molar-refractivity contribution in [2.45, 2.75) is 33.2 Å². The van der Waals surface area contributed by atoms with E-state index in [1.165, 1.54) is 11.4 Å². The minimum absolute atomic E-state index is 0.537. The van der Waals surface area contributed by atoms with Crippen LogP contribution in [0, 0.1) is 5.92 Å². The van der Waals surface area contributed by atoms with Crippen LogP contribution in [0.2, 0.25) is 0 Å². The van der Waals surface area contributed by atoms with Gasteiger partial charge in [0.25, 0.3) is 0 Å². The third-order valence-corrected chi connectivity index (χ3v) is 4.46. The number of rotatable bonds is 6. The lowest BCUT2D eigenvalue weighted by Gasteiger charge is -2.30. The highest BCUT2D eigenvalue weighted by atomic mass is 16.5. The standard InChI is InChI=1S/C18H27N3O2/c1-4-6-15(23-13-14-11-22-12-14)9-16-17-10-19-18(5-2)21(17)8-7-20(16)3/h6,9-10,14H,4-5,7-8,11-13H2,1-3H3/b15-6-,16-9-. The predicted molar refractivity (Wildman–Crippen MR) is 90.8 cm³/mol. The molecule has 5 heteroatoms. The van der Waals surface area contributed by atoms with Gasteiger partial charge in [0, 0.05) is 38.6 Å². The molecule has 0 unspecified atom stereocenters. The lowest BCUT2D eigenvalue weighted by molar-refractivity contribution is -0.0602. The lowest BCUT2D eigenvalue weighted by Crippen LogP contribution is -2.32. The molecule has 2 aliphatic heterocycles. The Bertz CT molecular complexity index is 599. The molecule has 0 amide bonds. The van der Waals surface area contributed by atoms with E-state index in [-0.39, 0.29) is 0 Å². The van der Waals surface area contributed by atoms with Gasteiger partial charge in [-0.1, -0.05) is 13.8 Å². The number of ether oxygens (including phenoxy) is 2. The Hall–Kier alpha value is -1.75. The number of likely N-dealkylation sites (N-methyl/N-ethyl adjacent to an activating group) is 1. The molecule has 5 nitrogen and oxygen atoms in total. The first-order valence-corrected chi connectivity index (χ1v) is 8.61. The number of nitrogens with zero attached hydrogens (tertiary/aromatic N) is 3. The first kappa shape index (κ1) is 16.1. The average molecular weight is 317 g/mol. The number of aromatic nitrogens is 2. The summed E-state index contributed by atoms with van der Waals surface area (Å²) in [7, 11) is 2.14. The third kappa shape index (κ3) is 3.44. The number of hydrogen-bond acceptors (Lipinski definition) is 4. The van der Waals surface area contributed by atoms with E-state index in [0.29, 0.717) is 5.92 Å². The molecule has 23 heavy (non-hydrogen) atoms. The molecule has 0 N–H and O–H groups in total. The monoisotopic (exact) mass is 317 g/mol. The van der Waals surface area contributed by atoms with Crippen LogP contribution in [0.25, 0.3) is 5.70 Å². The molecule has 126 valence electrons. The Morgan fingerprint density at radius 2 is 2.22 bits per heavy atom. The van der Waals surface area contributed by atoms with Crippen molar-refractivity contribution in [3.8, 4) is 0 Å². The molecule has 3 rings (SSSR count). The predicted octanol–water partition coefficient (Wildman–Crippen LogP) is 2.69. The molecule has 0 aromatic carbocycles. The van der Waals surface area contributed by atoms with Crippen LogP contribution < -0.4 is 0 Å². The van der Waals surface area contributed by atoms with Crippen molar-refractivity contribution in [3.05, 3.63) is 35.6 Å². The first-order valence-electron chi connectivity index (χ1n) is 8.61. The second-order valence-electron chi connectivity index (χ2n) is 6.25. The Kier molecular flexibility index (Phi) is 5.06. The molecule has 0 spiro atoms. The number of fused-ring (bicyclic) bond motifs is 1. The van der Waals surface area contributed by atoms with Gasteiger partial charge in [0.1, 0.15) is 11.6 Å². The zero-order valence-electron chi connectivity index (χ0n) is 14.4. The summed E-state index contributed by atoms with van der Waals surface area (Å²) in [6.45, 7) is 8.67. The van der Waals surface area contributed by atoms with Crippen molar-refractivity contribution in [1.29, 1.82) is 0 Å². The smallest absolute Gasteiger partial charge is 0.117 e. The van der Waals surface area contributed by atoms with Gasteiger partial charge in [0.2, 0.25) is 0 Å². The number of allylic oxidation sites excluding steroid dienone is 2. The molecule has 2 aliphatic rings. The molecule has 1 saturated heterocycles. The summed E-state index contributed by atoms with van der Waals surface area (Å²) in [6, 6.07) is 0. The molecule has 1 fully saturated rings. The van der Waals surface area contributed by atoms with Crippen LogP contribution in [0.4, 0.5) is 0 Å². The largest absolute Gasteiger partial charge is 0.493 e. The summed E-state index contributed by atoms with van der Waals surface area (Å²) in [6.07, 6.45) is 8.23. The minimum Gasteiger partial charge on any atom is -0.493 e. The maximum Gasteiger partial charge on any atom is 0.117 e.